The second kappa shape index (κ2) is 4.76. The third kappa shape index (κ3) is 2.34. The van der Waals surface area contributed by atoms with Gasteiger partial charge >= 0.3 is 5.97 Å². The van der Waals surface area contributed by atoms with Crippen molar-refractivity contribution in [3.8, 4) is 0 Å². The van der Waals surface area contributed by atoms with Crippen LogP contribution in [0.25, 0.3) is 0 Å². The van der Waals surface area contributed by atoms with Crippen molar-refractivity contribution in [2.75, 3.05) is 13.2 Å². The number of nitrogens with zero attached hydrogens (tertiary/aromatic N) is 1. The average molecular weight is 249 g/mol. The smallest absolute Gasteiger partial charge is 0.302 e. The third-order valence-corrected chi connectivity index (χ3v) is 3.24. The summed E-state index contributed by atoms with van der Waals surface area (Å²) in [6, 6.07) is 0. The first-order chi connectivity index (χ1) is 8.53. The Bertz CT molecular complexity index is 434. The molecule has 0 aromatic heterocycles. The summed E-state index contributed by atoms with van der Waals surface area (Å²) in [5.74, 6) is -0.411. The molecule has 96 valence electrons. The van der Waals surface area contributed by atoms with Crippen molar-refractivity contribution in [1.82, 2.24) is 4.90 Å². The molecule has 0 atom stereocenters. The van der Waals surface area contributed by atoms with Gasteiger partial charge in [0.05, 0.1) is 12.1 Å². The van der Waals surface area contributed by atoms with E-state index in [9.17, 15) is 14.4 Å². The Morgan fingerprint density at radius 1 is 1.39 bits per heavy atom. The number of amides is 1. The van der Waals surface area contributed by atoms with Gasteiger partial charge in [0, 0.05) is 13.3 Å². The van der Waals surface area contributed by atoms with Crippen molar-refractivity contribution < 1.29 is 19.1 Å². The minimum atomic E-state index is -0.509. The van der Waals surface area contributed by atoms with E-state index in [0.717, 1.165) is 0 Å². The Balaban J connectivity index is 2.08. The quantitative estimate of drug-likeness (QED) is 0.687. The molecule has 0 radical (unpaired) electrons. The van der Waals surface area contributed by atoms with Crippen molar-refractivity contribution in [3.05, 3.63) is 24.3 Å². The van der Waals surface area contributed by atoms with Crippen LogP contribution in [-0.2, 0) is 19.1 Å². The Hall–Kier alpha value is -1.91. The summed E-state index contributed by atoms with van der Waals surface area (Å²) >= 11 is 0. The van der Waals surface area contributed by atoms with E-state index < -0.39 is 5.54 Å². The normalized spacial score (nSPS) is 20.8. The first-order valence-corrected chi connectivity index (χ1v) is 5.90. The molecule has 1 amide bonds. The minimum absolute atomic E-state index is 0.0193. The molecule has 1 aliphatic carbocycles. The molecule has 1 fully saturated rings. The summed E-state index contributed by atoms with van der Waals surface area (Å²) < 4.78 is 4.86. The van der Waals surface area contributed by atoms with Crippen LogP contribution >= 0.6 is 0 Å². The molecule has 2 rings (SSSR count). The number of hydrogen-bond acceptors (Lipinski definition) is 4. The van der Waals surface area contributed by atoms with Crippen LogP contribution in [0.2, 0.25) is 0 Å². The van der Waals surface area contributed by atoms with Gasteiger partial charge in [-0.15, -0.1) is 0 Å². The maximum atomic E-state index is 11.8. The van der Waals surface area contributed by atoms with Crippen LogP contribution in [0.1, 0.15) is 19.8 Å². The molecule has 0 aromatic carbocycles. The van der Waals surface area contributed by atoms with E-state index in [0.29, 0.717) is 19.4 Å². The van der Waals surface area contributed by atoms with Crippen LogP contribution in [0.4, 0.5) is 0 Å². The molecule has 5 nitrogen and oxygen atoms in total. The fraction of sp³-hybridized carbons (Fsp3) is 0.462. The number of esters is 1. The molecule has 1 aliphatic heterocycles. The maximum Gasteiger partial charge on any atom is 0.302 e. The summed E-state index contributed by atoms with van der Waals surface area (Å²) in [5, 5.41) is 0. The monoisotopic (exact) mass is 249 g/mol. The topological polar surface area (TPSA) is 63.7 Å². The largest absolute Gasteiger partial charge is 0.464 e. The van der Waals surface area contributed by atoms with Crippen molar-refractivity contribution >= 4 is 17.7 Å². The second-order valence-electron chi connectivity index (χ2n) is 4.45. The molecule has 1 heterocycles. The van der Waals surface area contributed by atoms with Crippen LogP contribution in [0, 0.1) is 0 Å². The van der Waals surface area contributed by atoms with Gasteiger partial charge < -0.3 is 9.64 Å². The van der Waals surface area contributed by atoms with E-state index in [1.807, 2.05) is 0 Å². The van der Waals surface area contributed by atoms with Gasteiger partial charge in [-0.1, -0.05) is 12.2 Å². The fourth-order valence-electron chi connectivity index (χ4n) is 2.33. The molecule has 5 heteroatoms. The van der Waals surface area contributed by atoms with Gasteiger partial charge in [0.1, 0.15) is 6.61 Å². The molecule has 0 saturated carbocycles. The summed E-state index contributed by atoms with van der Waals surface area (Å²) in [6.07, 6.45) is 7.59. The third-order valence-electron chi connectivity index (χ3n) is 3.24. The van der Waals surface area contributed by atoms with Crippen LogP contribution in [0.5, 0.6) is 0 Å². The van der Waals surface area contributed by atoms with Crippen molar-refractivity contribution in [2.24, 2.45) is 0 Å². The average Bonchev–Trinajstić information content (AvgIpc) is 2.62. The van der Waals surface area contributed by atoms with E-state index in [4.69, 9.17) is 4.74 Å². The zero-order valence-electron chi connectivity index (χ0n) is 10.2. The van der Waals surface area contributed by atoms with E-state index in [2.05, 4.69) is 0 Å². The molecule has 0 aromatic rings. The first-order valence-electron chi connectivity index (χ1n) is 5.90. The Kier molecular flexibility index (Phi) is 3.32. The van der Waals surface area contributed by atoms with Gasteiger partial charge in [0.25, 0.3) is 0 Å². The van der Waals surface area contributed by atoms with Gasteiger partial charge in [0.15, 0.2) is 5.78 Å². The van der Waals surface area contributed by atoms with Crippen LogP contribution < -0.4 is 0 Å². The van der Waals surface area contributed by atoms with Crippen LogP contribution in [0.15, 0.2) is 24.3 Å². The van der Waals surface area contributed by atoms with Gasteiger partial charge in [0.2, 0.25) is 5.91 Å². The summed E-state index contributed by atoms with van der Waals surface area (Å²) in [6.45, 7) is 1.86. The number of ketones is 1. The van der Waals surface area contributed by atoms with Gasteiger partial charge in [-0.25, -0.2) is 0 Å². The van der Waals surface area contributed by atoms with Crippen LogP contribution in [-0.4, -0.2) is 41.3 Å². The van der Waals surface area contributed by atoms with Crippen LogP contribution in [0.3, 0.4) is 0 Å². The minimum Gasteiger partial charge on any atom is -0.464 e. The van der Waals surface area contributed by atoms with E-state index in [-0.39, 0.29) is 24.3 Å². The fourth-order valence-corrected chi connectivity index (χ4v) is 2.33. The predicted molar refractivity (Wildman–Crippen MR) is 63.6 cm³/mol. The maximum absolute atomic E-state index is 11.8. The summed E-state index contributed by atoms with van der Waals surface area (Å²) in [5.41, 5.74) is -0.509. The van der Waals surface area contributed by atoms with E-state index in [1.54, 1.807) is 17.1 Å². The van der Waals surface area contributed by atoms with Crippen molar-refractivity contribution in [2.45, 2.75) is 25.3 Å². The van der Waals surface area contributed by atoms with Crippen molar-refractivity contribution in [3.63, 3.8) is 0 Å². The molecule has 1 spiro atoms. The lowest BCUT2D eigenvalue weighted by molar-refractivity contribution is -0.143. The van der Waals surface area contributed by atoms with Gasteiger partial charge in [-0.3, -0.25) is 14.4 Å². The molecule has 0 bridgehead atoms. The van der Waals surface area contributed by atoms with E-state index >= 15 is 0 Å². The van der Waals surface area contributed by atoms with Gasteiger partial charge in [-0.05, 0) is 18.6 Å². The summed E-state index contributed by atoms with van der Waals surface area (Å²) in [7, 11) is 0. The number of carbonyl (C=O) groups excluding carboxylic acids is 3. The molecular formula is C13H15NO4. The highest BCUT2D eigenvalue weighted by Crippen LogP contribution is 2.34. The highest BCUT2D eigenvalue weighted by Gasteiger charge is 2.42. The zero-order valence-corrected chi connectivity index (χ0v) is 10.2. The lowest BCUT2D eigenvalue weighted by Crippen LogP contribution is -2.45. The lowest BCUT2D eigenvalue weighted by Gasteiger charge is -2.34. The molecule has 1 saturated heterocycles. The summed E-state index contributed by atoms with van der Waals surface area (Å²) in [4.78, 5) is 35.4. The predicted octanol–water partition coefficient (Wildman–Crippen LogP) is 0.606. The highest BCUT2D eigenvalue weighted by molar-refractivity contribution is 6.01. The lowest BCUT2D eigenvalue weighted by atomic mass is 9.91. The number of likely N-dealkylation sites (tertiary alicyclic amines) is 1. The Morgan fingerprint density at radius 2 is 2.06 bits per heavy atom. The number of carbonyl (C=O) groups is 3. The number of hydrogen-bond donors (Lipinski definition) is 0. The standard InChI is InChI=1S/C13H15NO4/c1-10(15)18-9-8-14-12(17)4-7-13(14)5-2-11(16)3-6-13/h2-3,5-6H,4,7-9H2,1H3. The molecule has 2 aliphatic rings. The molecule has 0 N–H and O–H groups in total. The molecular weight excluding hydrogens is 234 g/mol. The van der Waals surface area contributed by atoms with Gasteiger partial charge in [-0.2, -0.15) is 0 Å². The Morgan fingerprint density at radius 3 is 2.67 bits per heavy atom. The first kappa shape index (κ1) is 12.5. The second-order valence-corrected chi connectivity index (χ2v) is 4.45. The van der Waals surface area contributed by atoms with Crippen molar-refractivity contribution in [1.29, 1.82) is 0 Å². The molecule has 0 unspecified atom stereocenters. The number of ether oxygens (including phenoxy) is 1. The SMILES string of the molecule is CC(=O)OCCN1C(=O)CCC12C=CC(=O)C=C2. The number of rotatable bonds is 3. The highest BCUT2D eigenvalue weighted by atomic mass is 16.5. The molecule has 18 heavy (non-hydrogen) atoms. The van der Waals surface area contributed by atoms with E-state index in [1.165, 1.54) is 19.1 Å². The Labute approximate surface area is 105 Å². The zero-order chi connectivity index (χ0) is 13.2. The number of allylic oxidation sites excluding steroid dienone is 2.